The van der Waals surface area contributed by atoms with E-state index in [0.717, 1.165) is 50.4 Å². The summed E-state index contributed by atoms with van der Waals surface area (Å²) in [5.74, 6) is -1.85. The smallest absolute Gasteiger partial charge is 0.322 e. The fourth-order valence-corrected chi connectivity index (χ4v) is 3.97. The molecule has 2 aromatic carbocycles. The molecule has 5 N–H and O–H groups in total. The molecule has 1 fully saturated rings. The first-order valence-electron chi connectivity index (χ1n) is 9.49. The van der Waals surface area contributed by atoms with Crippen LogP contribution in [0.3, 0.4) is 0 Å². The zero-order chi connectivity index (χ0) is 22.9. The normalized spacial score (nSPS) is 14.8. The molecular formula is C20H25FN4O5S. The van der Waals surface area contributed by atoms with Crippen LogP contribution in [0.1, 0.15) is 5.56 Å². The van der Waals surface area contributed by atoms with Crippen LogP contribution in [0.15, 0.2) is 59.5 Å². The minimum Gasteiger partial charge on any atom is -0.480 e. The largest absolute Gasteiger partial charge is 0.480 e. The highest BCUT2D eigenvalue weighted by Crippen LogP contribution is 2.12. The van der Waals surface area contributed by atoms with Gasteiger partial charge in [0.05, 0.1) is 4.90 Å². The molecule has 0 radical (unpaired) electrons. The molecule has 0 bridgehead atoms. The molecule has 0 aliphatic carbocycles. The van der Waals surface area contributed by atoms with Crippen molar-refractivity contribution in [1.82, 2.24) is 14.9 Å². The Balaban J connectivity index is 0.000000316. The number of piperazine rings is 1. The molecular weight excluding hydrogens is 427 g/mol. The molecule has 2 amide bonds. The summed E-state index contributed by atoms with van der Waals surface area (Å²) in [4.78, 5) is 23.2. The van der Waals surface area contributed by atoms with Crippen LogP contribution >= 0.6 is 0 Å². The number of primary amides is 1. The van der Waals surface area contributed by atoms with Crippen LogP contribution in [0.2, 0.25) is 0 Å². The lowest BCUT2D eigenvalue weighted by Gasteiger charge is -2.25. The predicted octanol–water partition coefficient (Wildman–Crippen LogP) is 0.770. The summed E-state index contributed by atoms with van der Waals surface area (Å²) in [6.45, 7) is 3.22. The summed E-state index contributed by atoms with van der Waals surface area (Å²) < 4.78 is 39.3. The van der Waals surface area contributed by atoms with Gasteiger partial charge < -0.3 is 21.1 Å². The average Bonchev–Trinajstić information content (AvgIpc) is 2.75. The number of carbonyl (C=O) groups is 2. The quantitative estimate of drug-likeness (QED) is 0.510. The molecule has 2 aromatic rings. The monoisotopic (exact) mass is 452 g/mol. The van der Waals surface area contributed by atoms with Crippen LogP contribution in [0.25, 0.3) is 0 Å². The van der Waals surface area contributed by atoms with Gasteiger partial charge >= 0.3 is 12.0 Å². The maximum atomic E-state index is 12.8. The lowest BCUT2D eigenvalue weighted by atomic mass is 10.1. The first-order valence-corrected chi connectivity index (χ1v) is 11.0. The first-order chi connectivity index (χ1) is 14.7. The number of nitrogens with two attached hydrogens (primary N) is 1. The summed E-state index contributed by atoms with van der Waals surface area (Å²) in [5.41, 5.74) is 5.72. The molecule has 0 aromatic heterocycles. The summed E-state index contributed by atoms with van der Waals surface area (Å²) >= 11 is 0. The van der Waals surface area contributed by atoms with E-state index in [1.165, 1.54) is 0 Å². The molecule has 0 unspecified atom stereocenters. The average molecular weight is 453 g/mol. The van der Waals surface area contributed by atoms with E-state index in [9.17, 15) is 27.5 Å². The number of carboxylic acids is 1. The zero-order valence-corrected chi connectivity index (χ0v) is 17.5. The third-order valence-corrected chi connectivity index (χ3v) is 5.92. The Bertz CT molecular complexity index is 965. The summed E-state index contributed by atoms with van der Waals surface area (Å²) in [6.07, 6.45) is 0.0105. The van der Waals surface area contributed by atoms with Crippen molar-refractivity contribution >= 4 is 22.0 Å². The second-order valence-electron chi connectivity index (χ2n) is 6.73. The highest BCUT2D eigenvalue weighted by atomic mass is 32.2. The molecule has 0 spiro atoms. The lowest BCUT2D eigenvalue weighted by molar-refractivity contribution is -0.138. The van der Waals surface area contributed by atoms with Gasteiger partial charge in [0.2, 0.25) is 10.0 Å². The highest BCUT2D eigenvalue weighted by Gasteiger charge is 2.25. The number of halogens is 1. The molecule has 1 aliphatic rings. The van der Waals surface area contributed by atoms with Gasteiger partial charge in [0.1, 0.15) is 11.9 Å². The number of carboxylic acid groups (broad SMARTS) is 1. The SMILES string of the molecule is NC(=O)N1CCNCC1.O=C(O)[C@H](Cc1ccccc1)NS(=O)(=O)c1ccc(F)cc1. The molecule has 168 valence electrons. The van der Waals surface area contributed by atoms with E-state index in [4.69, 9.17) is 5.73 Å². The minimum absolute atomic E-state index is 0.0105. The number of aliphatic carboxylic acids is 1. The molecule has 3 rings (SSSR count). The van der Waals surface area contributed by atoms with E-state index in [-0.39, 0.29) is 17.3 Å². The van der Waals surface area contributed by atoms with Gasteiger partial charge in [0.25, 0.3) is 0 Å². The Morgan fingerprint density at radius 2 is 1.68 bits per heavy atom. The summed E-state index contributed by atoms with van der Waals surface area (Å²) in [6, 6.07) is 11.2. The van der Waals surface area contributed by atoms with Crippen molar-refractivity contribution in [2.24, 2.45) is 5.73 Å². The first kappa shape index (κ1) is 24.3. The number of benzene rings is 2. The number of hydrogen-bond acceptors (Lipinski definition) is 5. The van der Waals surface area contributed by atoms with Crippen molar-refractivity contribution in [2.75, 3.05) is 26.2 Å². The Labute approximate surface area is 180 Å². The van der Waals surface area contributed by atoms with Crippen molar-refractivity contribution in [3.63, 3.8) is 0 Å². The van der Waals surface area contributed by atoms with Crippen molar-refractivity contribution in [3.05, 3.63) is 66.0 Å². The van der Waals surface area contributed by atoms with Gasteiger partial charge in [0, 0.05) is 26.2 Å². The number of sulfonamides is 1. The topological polar surface area (TPSA) is 142 Å². The van der Waals surface area contributed by atoms with Crippen LogP contribution in [-0.4, -0.2) is 62.6 Å². The van der Waals surface area contributed by atoms with Gasteiger partial charge in [-0.05, 0) is 36.2 Å². The lowest BCUT2D eigenvalue weighted by Crippen LogP contribution is -2.48. The van der Waals surface area contributed by atoms with E-state index >= 15 is 0 Å². The maximum absolute atomic E-state index is 12.8. The third-order valence-electron chi connectivity index (χ3n) is 4.43. The van der Waals surface area contributed by atoms with E-state index in [0.29, 0.717) is 5.56 Å². The maximum Gasteiger partial charge on any atom is 0.322 e. The molecule has 0 saturated carbocycles. The van der Waals surface area contributed by atoms with Crippen molar-refractivity contribution in [3.8, 4) is 0 Å². The fraction of sp³-hybridized carbons (Fsp3) is 0.300. The van der Waals surface area contributed by atoms with Crippen molar-refractivity contribution < 1.29 is 27.5 Å². The number of amides is 2. The second-order valence-corrected chi connectivity index (χ2v) is 8.45. The summed E-state index contributed by atoms with van der Waals surface area (Å²) in [5, 5.41) is 12.3. The Kier molecular flexibility index (Phi) is 8.91. The number of hydrogen-bond donors (Lipinski definition) is 4. The third kappa shape index (κ3) is 7.96. The second kappa shape index (κ2) is 11.4. The molecule has 31 heavy (non-hydrogen) atoms. The Morgan fingerprint density at radius 1 is 1.10 bits per heavy atom. The van der Waals surface area contributed by atoms with E-state index in [1.807, 2.05) is 0 Å². The van der Waals surface area contributed by atoms with Gasteiger partial charge in [-0.25, -0.2) is 17.6 Å². The van der Waals surface area contributed by atoms with Gasteiger partial charge in [-0.15, -0.1) is 0 Å². The molecule has 1 atom stereocenters. The van der Waals surface area contributed by atoms with E-state index in [1.54, 1.807) is 35.2 Å². The molecule has 9 nitrogen and oxygen atoms in total. The van der Waals surface area contributed by atoms with Crippen LogP contribution in [0, 0.1) is 5.82 Å². The number of urea groups is 1. The van der Waals surface area contributed by atoms with Crippen LogP contribution in [-0.2, 0) is 21.2 Å². The van der Waals surface area contributed by atoms with Crippen molar-refractivity contribution in [1.29, 1.82) is 0 Å². The summed E-state index contributed by atoms with van der Waals surface area (Å²) in [7, 11) is -4.04. The van der Waals surface area contributed by atoms with Gasteiger partial charge in [0.15, 0.2) is 0 Å². The van der Waals surface area contributed by atoms with E-state index in [2.05, 4.69) is 10.0 Å². The van der Waals surface area contributed by atoms with Crippen LogP contribution in [0.4, 0.5) is 9.18 Å². The Hall–Kier alpha value is -3.02. The van der Waals surface area contributed by atoms with Gasteiger partial charge in [-0.2, -0.15) is 4.72 Å². The van der Waals surface area contributed by atoms with Crippen LogP contribution in [0.5, 0.6) is 0 Å². The zero-order valence-electron chi connectivity index (χ0n) is 16.7. The number of carbonyl (C=O) groups excluding carboxylic acids is 1. The molecule has 1 saturated heterocycles. The molecule has 11 heteroatoms. The van der Waals surface area contributed by atoms with Crippen molar-refractivity contribution in [2.45, 2.75) is 17.4 Å². The predicted molar refractivity (Wildman–Crippen MR) is 112 cm³/mol. The number of nitrogens with zero attached hydrogens (tertiary/aromatic N) is 1. The fourth-order valence-electron chi connectivity index (χ4n) is 2.78. The van der Waals surface area contributed by atoms with Gasteiger partial charge in [-0.3, -0.25) is 4.79 Å². The number of nitrogens with one attached hydrogen (secondary N) is 2. The Morgan fingerprint density at radius 3 is 2.16 bits per heavy atom. The molecule has 1 aliphatic heterocycles. The standard InChI is InChI=1S/C15H14FNO4S.C5H11N3O/c16-12-6-8-13(9-7-12)22(20,21)17-14(15(18)19)10-11-4-2-1-3-5-11;6-5(9)8-3-1-7-2-4-8/h1-9,14,17H,10H2,(H,18,19);7H,1-4H2,(H2,6,9)/t14-;/m0./s1. The molecule has 1 heterocycles. The minimum atomic E-state index is -4.04. The van der Waals surface area contributed by atoms with E-state index < -0.39 is 27.9 Å². The number of rotatable bonds is 6. The highest BCUT2D eigenvalue weighted by molar-refractivity contribution is 7.89. The van der Waals surface area contributed by atoms with Gasteiger partial charge in [-0.1, -0.05) is 30.3 Å². The van der Waals surface area contributed by atoms with Crippen LogP contribution < -0.4 is 15.8 Å².